The number of hydrogen-bond acceptors (Lipinski definition) is 5. The third-order valence-corrected chi connectivity index (χ3v) is 4.98. The lowest BCUT2D eigenvalue weighted by molar-refractivity contribution is -0.123. The molecule has 1 atom stereocenters. The number of hydrogen-bond donors (Lipinski definition) is 1. The second-order valence-electron chi connectivity index (χ2n) is 8.36. The summed E-state index contributed by atoms with van der Waals surface area (Å²) in [5.41, 5.74) is 3.17. The van der Waals surface area contributed by atoms with E-state index in [-0.39, 0.29) is 17.5 Å². The maximum Gasteiger partial charge on any atom is 0.280 e. The minimum absolute atomic E-state index is 0.210. The van der Waals surface area contributed by atoms with Crippen LogP contribution in [0.5, 0.6) is 0 Å². The minimum atomic E-state index is -0.860. The zero-order valence-electron chi connectivity index (χ0n) is 17.8. The van der Waals surface area contributed by atoms with Gasteiger partial charge in [-0.3, -0.25) is 14.5 Å². The Labute approximate surface area is 181 Å². The molecule has 0 spiro atoms. The van der Waals surface area contributed by atoms with E-state index in [2.05, 4.69) is 14.9 Å². The number of nitrogens with zero attached hydrogens (tertiary/aromatic N) is 3. The summed E-state index contributed by atoms with van der Waals surface area (Å²) in [7, 11) is 0. The third-order valence-electron chi connectivity index (χ3n) is 4.47. The first-order valence-corrected chi connectivity index (χ1v) is 10.6. The summed E-state index contributed by atoms with van der Waals surface area (Å²) in [6, 6.07) is 14.3. The van der Waals surface area contributed by atoms with Crippen LogP contribution in [0, 0.1) is 13.8 Å². The van der Waals surface area contributed by atoms with Gasteiger partial charge in [0.15, 0.2) is 5.69 Å². The van der Waals surface area contributed by atoms with Gasteiger partial charge in [0.1, 0.15) is 6.04 Å². The van der Waals surface area contributed by atoms with Crippen LogP contribution in [0.25, 0.3) is 0 Å². The number of aryl methyl sites for hydroxylation is 2. The Balaban J connectivity index is 2.18. The highest BCUT2D eigenvalue weighted by Gasteiger charge is 2.35. The van der Waals surface area contributed by atoms with E-state index in [0.29, 0.717) is 5.69 Å². The summed E-state index contributed by atoms with van der Waals surface area (Å²) in [6.45, 7) is 9.69. The normalized spacial score (nSPS) is 12.3. The van der Waals surface area contributed by atoms with Crippen LogP contribution in [-0.2, 0) is 4.79 Å². The van der Waals surface area contributed by atoms with E-state index in [4.69, 9.17) is 0 Å². The first-order valence-electron chi connectivity index (χ1n) is 9.71. The molecule has 0 aliphatic heterocycles. The van der Waals surface area contributed by atoms with E-state index < -0.39 is 11.6 Å². The monoisotopic (exact) mass is 422 g/mol. The summed E-state index contributed by atoms with van der Waals surface area (Å²) >= 11 is 1.10. The molecule has 3 aromatic rings. The number of amides is 2. The van der Waals surface area contributed by atoms with Crippen molar-refractivity contribution in [1.82, 2.24) is 14.9 Å². The van der Waals surface area contributed by atoms with Crippen LogP contribution < -0.4 is 10.2 Å². The molecule has 1 unspecified atom stereocenters. The highest BCUT2D eigenvalue weighted by molar-refractivity contribution is 7.03. The summed E-state index contributed by atoms with van der Waals surface area (Å²) in [5, 5.41) is 8.58. The van der Waals surface area contributed by atoms with Gasteiger partial charge in [-0.05, 0) is 63.8 Å². The molecule has 30 heavy (non-hydrogen) atoms. The molecule has 0 aliphatic rings. The Morgan fingerprint density at radius 2 is 1.73 bits per heavy atom. The molecule has 0 aliphatic carbocycles. The fourth-order valence-corrected chi connectivity index (χ4v) is 3.60. The SMILES string of the molecule is Cc1ccc(N(C(=O)c2csnn2)C(C(=O)NC(C)(C)C)c2cccc(C)c2)cc1. The van der Waals surface area contributed by atoms with E-state index in [9.17, 15) is 9.59 Å². The Morgan fingerprint density at radius 1 is 1.03 bits per heavy atom. The van der Waals surface area contributed by atoms with Gasteiger partial charge in [-0.1, -0.05) is 52.0 Å². The Hall–Kier alpha value is -3.06. The Bertz CT molecular complexity index is 1020. The molecular formula is C23H26N4O2S. The van der Waals surface area contributed by atoms with Crippen molar-refractivity contribution in [2.45, 2.75) is 46.2 Å². The predicted octanol–water partition coefficient (Wildman–Crippen LogP) is 4.46. The van der Waals surface area contributed by atoms with Crippen molar-refractivity contribution in [3.8, 4) is 0 Å². The van der Waals surface area contributed by atoms with E-state index >= 15 is 0 Å². The highest BCUT2D eigenvalue weighted by Crippen LogP contribution is 2.31. The van der Waals surface area contributed by atoms with Gasteiger partial charge >= 0.3 is 0 Å². The summed E-state index contributed by atoms with van der Waals surface area (Å²) in [5.74, 6) is -0.631. The number of carbonyl (C=O) groups is 2. The molecule has 0 saturated heterocycles. The van der Waals surface area contributed by atoms with Gasteiger partial charge in [0, 0.05) is 16.6 Å². The fraction of sp³-hybridized carbons (Fsp3) is 0.304. The summed E-state index contributed by atoms with van der Waals surface area (Å²) < 4.78 is 3.83. The molecular weight excluding hydrogens is 396 g/mol. The van der Waals surface area contributed by atoms with Gasteiger partial charge in [-0.25, -0.2) is 0 Å². The molecule has 0 saturated carbocycles. The summed E-state index contributed by atoms with van der Waals surface area (Å²) in [6.07, 6.45) is 0. The molecule has 2 amide bonds. The predicted molar refractivity (Wildman–Crippen MR) is 120 cm³/mol. The lowest BCUT2D eigenvalue weighted by Crippen LogP contribution is -2.49. The van der Waals surface area contributed by atoms with E-state index in [1.807, 2.05) is 83.1 Å². The second-order valence-corrected chi connectivity index (χ2v) is 8.97. The molecule has 0 radical (unpaired) electrons. The number of anilines is 1. The van der Waals surface area contributed by atoms with Gasteiger partial charge in [-0.2, -0.15) is 0 Å². The molecule has 2 aromatic carbocycles. The van der Waals surface area contributed by atoms with E-state index in [0.717, 1.165) is 28.2 Å². The van der Waals surface area contributed by atoms with Crippen molar-refractivity contribution >= 4 is 29.0 Å². The van der Waals surface area contributed by atoms with Crippen molar-refractivity contribution in [3.63, 3.8) is 0 Å². The quantitative estimate of drug-likeness (QED) is 0.659. The molecule has 1 heterocycles. The summed E-state index contributed by atoms with van der Waals surface area (Å²) in [4.78, 5) is 28.5. The molecule has 3 rings (SSSR count). The number of nitrogens with one attached hydrogen (secondary N) is 1. The smallest absolute Gasteiger partial charge is 0.280 e. The Morgan fingerprint density at radius 3 is 2.30 bits per heavy atom. The van der Waals surface area contributed by atoms with Crippen LogP contribution in [-0.4, -0.2) is 26.9 Å². The van der Waals surface area contributed by atoms with Gasteiger partial charge in [0.05, 0.1) is 0 Å². The minimum Gasteiger partial charge on any atom is -0.349 e. The first-order chi connectivity index (χ1) is 14.2. The molecule has 7 heteroatoms. The second kappa shape index (κ2) is 8.75. The number of aromatic nitrogens is 2. The largest absolute Gasteiger partial charge is 0.349 e. The molecule has 0 fully saturated rings. The Kier molecular flexibility index (Phi) is 6.31. The van der Waals surface area contributed by atoms with Crippen molar-refractivity contribution in [3.05, 3.63) is 76.3 Å². The standard InChI is InChI=1S/C23H26N4O2S/c1-15-9-11-18(12-10-15)27(22(29)19-14-30-26-25-19)20(21(28)24-23(3,4)5)17-8-6-7-16(2)13-17/h6-14,20H,1-5H3,(H,24,28). The van der Waals surface area contributed by atoms with Crippen LogP contribution in [0.3, 0.4) is 0 Å². The number of benzene rings is 2. The zero-order chi connectivity index (χ0) is 21.9. The maximum atomic E-state index is 13.5. The molecule has 1 N–H and O–H groups in total. The highest BCUT2D eigenvalue weighted by atomic mass is 32.1. The lowest BCUT2D eigenvalue weighted by Gasteiger charge is -2.33. The number of rotatable bonds is 5. The van der Waals surface area contributed by atoms with Crippen LogP contribution in [0.4, 0.5) is 5.69 Å². The zero-order valence-corrected chi connectivity index (χ0v) is 18.7. The van der Waals surface area contributed by atoms with Crippen LogP contribution in [0.2, 0.25) is 0 Å². The van der Waals surface area contributed by atoms with Gasteiger partial charge in [-0.15, -0.1) is 5.10 Å². The third kappa shape index (κ3) is 5.10. The topological polar surface area (TPSA) is 75.2 Å². The molecule has 156 valence electrons. The van der Waals surface area contributed by atoms with Gasteiger partial charge in [0.25, 0.3) is 5.91 Å². The lowest BCUT2D eigenvalue weighted by atomic mass is 9.99. The van der Waals surface area contributed by atoms with Crippen LogP contribution >= 0.6 is 11.5 Å². The molecule has 1 aromatic heterocycles. The average molecular weight is 423 g/mol. The van der Waals surface area contributed by atoms with Crippen molar-refractivity contribution < 1.29 is 9.59 Å². The number of carbonyl (C=O) groups excluding carboxylic acids is 2. The van der Waals surface area contributed by atoms with Crippen LogP contribution in [0.1, 0.15) is 54.0 Å². The van der Waals surface area contributed by atoms with Crippen LogP contribution in [0.15, 0.2) is 53.9 Å². The fourth-order valence-electron chi connectivity index (χ4n) is 3.17. The average Bonchev–Trinajstić information content (AvgIpc) is 3.19. The van der Waals surface area contributed by atoms with Gasteiger partial charge < -0.3 is 5.32 Å². The van der Waals surface area contributed by atoms with E-state index in [1.165, 1.54) is 4.90 Å². The first kappa shape index (κ1) is 21.6. The van der Waals surface area contributed by atoms with Crippen molar-refractivity contribution in [2.24, 2.45) is 0 Å². The van der Waals surface area contributed by atoms with Crippen molar-refractivity contribution in [1.29, 1.82) is 0 Å². The molecule has 6 nitrogen and oxygen atoms in total. The van der Waals surface area contributed by atoms with Gasteiger partial charge in [0.2, 0.25) is 5.91 Å². The molecule has 0 bridgehead atoms. The maximum absolute atomic E-state index is 13.5. The van der Waals surface area contributed by atoms with Crippen molar-refractivity contribution in [2.75, 3.05) is 4.90 Å². The van der Waals surface area contributed by atoms with E-state index in [1.54, 1.807) is 5.38 Å².